The van der Waals surface area contributed by atoms with Crippen LogP contribution in [0.15, 0.2) is 30.1 Å². The van der Waals surface area contributed by atoms with Gasteiger partial charge in [0.25, 0.3) is 0 Å². The zero-order chi connectivity index (χ0) is 26.5. The molecule has 3 rings (SSSR count). The number of amides is 4. The van der Waals surface area contributed by atoms with E-state index in [9.17, 15) is 19.2 Å². The molecule has 2 aliphatic heterocycles. The first kappa shape index (κ1) is 27.3. The third-order valence-electron chi connectivity index (χ3n) is 6.15. The summed E-state index contributed by atoms with van der Waals surface area (Å²) >= 11 is 1.45. The molecule has 0 bridgehead atoms. The quantitative estimate of drug-likeness (QED) is 0.140. The fourth-order valence-corrected chi connectivity index (χ4v) is 5.36. The van der Waals surface area contributed by atoms with E-state index >= 15 is 0 Å². The minimum Gasteiger partial charge on any atom is -0.399 e. The van der Waals surface area contributed by atoms with E-state index < -0.39 is 16.8 Å². The second-order valence-electron chi connectivity index (χ2n) is 9.57. The highest BCUT2D eigenvalue weighted by atomic mass is 32.2. The molecule has 2 aliphatic rings. The average Bonchev–Trinajstić information content (AvgIpc) is 3.13. The highest BCUT2D eigenvalue weighted by Crippen LogP contribution is 2.39. The second kappa shape index (κ2) is 11.7. The van der Waals surface area contributed by atoms with E-state index in [2.05, 4.69) is 21.4 Å². The molecule has 12 heteroatoms. The lowest BCUT2D eigenvalue weighted by molar-refractivity contribution is -0.129. The number of rotatable bonds is 10. The molecule has 196 valence electrons. The maximum absolute atomic E-state index is 13.7. The molecule has 0 fully saturated rings. The third kappa shape index (κ3) is 6.70. The van der Waals surface area contributed by atoms with Crippen molar-refractivity contribution in [3.05, 3.63) is 41.2 Å². The molecule has 2 atom stereocenters. The van der Waals surface area contributed by atoms with E-state index in [4.69, 9.17) is 11.6 Å². The number of carbonyl (C=O) groups excluding carboxylic acids is 4. The van der Waals surface area contributed by atoms with Crippen molar-refractivity contribution >= 4 is 41.1 Å². The molecule has 1 aromatic rings. The number of nitrogens with two attached hydrogens (primary N) is 2. The van der Waals surface area contributed by atoms with Gasteiger partial charge in [0.1, 0.15) is 12.1 Å². The zero-order valence-corrected chi connectivity index (χ0v) is 21.7. The lowest BCUT2D eigenvalue weighted by Gasteiger charge is -2.29. The Morgan fingerprint density at radius 3 is 2.64 bits per heavy atom. The minimum absolute atomic E-state index is 0.0795. The Labute approximate surface area is 215 Å². The standard InChI is InChI=1S/C24H35N7O4S/c1-14(32)28-13-36-24(2,3)10-20(33)30-18-8-7-15-5-4-6-16-9-19(31(21(15)16)23(18)35)22(34)27-11-17(25)12-29-26/h4-6,12,18-19,29H,7-11,13,25-26H2,1-3H3,(H,27,34)(H,28,32)(H,30,33)/b17-12-. The number of aryl methyl sites for hydroxylation is 1. The number of anilines is 1. The van der Waals surface area contributed by atoms with Crippen molar-refractivity contribution in [2.45, 2.75) is 63.3 Å². The predicted molar refractivity (Wildman–Crippen MR) is 139 cm³/mol. The van der Waals surface area contributed by atoms with Gasteiger partial charge in [0, 0.05) is 36.4 Å². The summed E-state index contributed by atoms with van der Waals surface area (Å²) in [4.78, 5) is 52.4. The Hall–Kier alpha value is -3.25. The molecule has 1 aromatic carbocycles. The van der Waals surface area contributed by atoms with Gasteiger partial charge in [0.05, 0.1) is 18.1 Å². The molecule has 0 aromatic heterocycles. The van der Waals surface area contributed by atoms with Crippen LogP contribution in [0.2, 0.25) is 0 Å². The van der Waals surface area contributed by atoms with Crippen molar-refractivity contribution in [1.82, 2.24) is 21.4 Å². The van der Waals surface area contributed by atoms with Crippen LogP contribution in [-0.4, -0.2) is 52.9 Å². The van der Waals surface area contributed by atoms with Gasteiger partial charge in [0.15, 0.2) is 0 Å². The number of hydrazine groups is 1. The highest BCUT2D eigenvalue weighted by Gasteiger charge is 2.44. The largest absolute Gasteiger partial charge is 0.399 e. The van der Waals surface area contributed by atoms with Gasteiger partial charge in [-0.15, -0.1) is 11.8 Å². The first-order valence-corrected chi connectivity index (χ1v) is 12.8. The average molecular weight is 518 g/mol. The molecule has 0 radical (unpaired) electrons. The summed E-state index contributed by atoms with van der Waals surface area (Å²) in [5.41, 5.74) is 11.1. The topological polar surface area (TPSA) is 172 Å². The van der Waals surface area contributed by atoms with Crippen molar-refractivity contribution < 1.29 is 19.2 Å². The van der Waals surface area contributed by atoms with Crippen LogP contribution < -0.4 is 37.9 Å². The highest BCUT2D eigenvalue weighted by molar-refractivity contribution is 8.00. The van der Waals surface area contributed by atoms with Crippen LogP contribution in [0.3, 0.4) is 0 Å². The number of thioether (sulfide) groups is 1. The summed E-state index contributed by atoms with van der Waals surface area (Å²) in [5.74, 6) is 4.59. The van der Waals surface area contributed by atoms with Crippen molar-refractivity contribution in [3.8, 4) is 0 Å². The molecule has 0 saturated heterocycles. The van der Waals surface area contributed by atoms with Gasteiger partial charge in [-0.1, -0.05) is 32.0 Å². The molecule has 0 saturated carbocycles. The maximum Gasteiger partial charge on any atom is 0.250 e. The van der Waals surface area contributed by atoms with E-state index in [-0.39, 0.29) is 36.6 Å². The number of hydrogen-bond donors (Lipinski definition) is 6. The van der Waals surface area contributed by atoms with E-state index in [1.165, 1.54) is 29.8 Å². The van der Waals surface area contributed by atoms with Gasteiger partial charge in [-0.25, -0.2) is 0 Å². The minimum atomic E-state index is -0.756. The van der Waals surface area contributed by atoms with Crippen LogP contribution >= 0.6 is 11.8 Å². The first-order chi connectivity index (χ1) is 17.0. The van der Waals surface area contributed by atoms with Crippen molar-refractivity contribution in [1.29, 1.82) is 0 Å². The lowest BCUT2D eigenvalue weighted by Crippen LogP contribution is -2.55. The summed E-state index contributed by atoms with van der Waals surface area (Å²) in [6.07, 6.45) is 2.96. The van der Waals surface area contributed by atoms with E-state index in [0.717, 1.165) is 16.8 Å². The molecular formula is C24H35N7O4S. The fraction of sp³-hybridized carbons (Fsp3) is 0.500. The summed E-state index contributed by atoms with van der Waals surface area (Å²) in [7, 11) is 0. The van der Waals surface area contributed by atoms with Crippen LogP contribution in [0.5, 0.6) is 0 Å². The Kier molecular flexibility index (Phi) is 8.85. The summed E-state index contributed by atoms with van der Waals surface area (Å²) in [5, 5.41) is 8.38. The molecule has 36 heavy (non-hydrogen) atoms. The molecular weight excluding hydrogens is 482 g/mol. The molecule has 8 N–H and O–H groups in total. The summed E-state index contributed by atoms with van der Waals surface area (Å²) in [6, 6.07) is 4.31. The maximum atomic E-state index is 13.7. The van der Waals surface area contributed by atoms with Gasteiger partial charge >= 0.3 is 0 Å². The molecule has 0 spiro atoms. The number of hydrogen-bond acceptors (Lipinski definition) is 8. The smallest absolute Gasteiger partial charge is 0.250 e. The van der Waals surface area contributed by atoms with Gasteiger partial charge in [-0.05, 0) is 24.0 Å². The molecule has 4 amide bonds. The normalized spacial score (nSPS) is 19.3. The molecule has 0 aliphatic carbocycles. The van der Waals surface area contributed by atoms with Gasteiger partial charge < -0.3 is 27.1 Å². The lowest BCUT2D eigenvalue weighted by atomic mass is 10.0. The predicted octanol–water partition coefficient (Wildman–Crippen LogP) is -0.250. The Balaban J connectivity index is 1.73. The Morgan fingerprint density at radius 2 is 1.94 bits per heavy atom. The van der Waals surface area contributed by atoms with E-state index in [1.54, 1.807) is 0 Å². The van der Waals surface area contributed by atoms with Crippen LogP contribution in [0.1, 0.15) is 44.7 Å². The molecule has 2 unspecified atom stereocenters. The monoisotopic (exact) mass is 517 g/mol. The van der Waals surface area contributed by atoms with Crippen LogP contribution in [0.25, 0.3) is 0 Å². The number of nitrogens with zero attached hydrogens (tertiary/aromatic N) is 1. The van der Waals surface area contributed by atoms with E-state index in [1.807, 2.05) is 32.0 Å². The van der Waals surface area contributed by atoms with Crippen LogP contribution in [0, 0.1) is 0 Å². The van der Waals surface area contributed by atoms with E-state index in [0.29, 0.717) is 30.8 Å². The summed E-state index contributed by atoms with van der Waals surface area (Å²) < 4.78 is -0.446. The van der Waals surface area contributed by atoms with Gasteiger partial charge in [0.2, 0.25) is 23.6 Å². The van der Waals surface area contributed by atoms with Gasteiger partial charge in [-0.2, -0.15) is 0 Å². The molecule has 11 nitrogen and oxygen atoms in total. The van der Waals surface area contributed by atoms with Crippen molar-refractivity contribution in [3.63, 3.8) is 0 Å². The van der Waals surface area contributed by atoms with Crippen molar-refractivity contribution in [2.24, 2.45) is 11.6 Å². The Bertz CT molecular complexity index is 1060. The third-order valence-corrected chi connectivity index (χ3v) is 7.36. The van der Waals surface area contributed by atoms with Crippen LogP contribution in [-0.2, 0) is 32.0 Å². The van der Waals surface area contributed by atoms with Gasteiger partial charge in [-0.3, -0.25) is 29.9 Å². The fourth-order valence-electron chi connectivity index (χ4n) is 4.46. The van der Waals surface area contributed by atoms with Crippen molar-refractivity contribution in [2.75, 3.05) is 17.3 Å². The second-order valence-corrected chi connectivity index (χ2v) is 11.3. The number of nitrogens with one attached hydrogen (secondary N) is 4. The SMILES string of the molecule is CC(=O)NCSC(C)(C)CC(=O)NC1CCc2cccc3c2N(C1=O)C(C(=O)NC/C(N)=C/NN)C3. The number of benzene rings is 1. The Morgan fingerprint density at radius 1 is 1.22 bits per heavy atom. The van der Waals surface area contributed by atoms with Crippen LogP contribution in [0.4, 0.5) is 5.69 Å². The zero-order valence-electron chi connectivity index (χ0n) is 20.8. The number of carbonyl (C=O) groups is 4. The molecule has 2 heterocycles. The summed E-state index contributed by atoms with van der Waals surface area (Å²) in [6.45, 7) is 5.35. The first-order valence-electron chi connectivity index (χ1n) is 11.8. The number of para-hydroxylation sites is 1.